The molecule has 0 aliphatic rings. The second kappa shape index (κ2) is 5.24. The van der Waals surface area contributed by atoms with Crippen molar-refractivity contribution in [1.29, 1.82) is 0 Å². The Hall–Kier alpha value is -3.53. The summed E-state index contributed by atoms with van der Waals surface area (Å²) in [6.07, 6.45) is 0. The molecule has 0 unspecified atom stereocenters. The first-order valence-corrected chi connectivity index (χ1v) is 8.09. The standard InChI is InChI=1S/C21H13N3O/c25-21-18-13-7-5-11-16(18)15-10-4-6-12-17(15)20-19(21)22-23-24(20)14-8-2-1-3-9-14/h1-13H. The van der Waals surface area contributed by atoms with Crippen molar-refractivity contribution in [2.75, 3.05) is 0 Å². The zero-order valence-corrected chi connectivity index (χ0v) is 13.3. The summed E-state index contributed by atoms with van der Waals surface area (Å²) in [5.41, 5.74) is 1.91. The molecular formula is C21H13N3O. The van der Waals surface area contributed by atoms with Crippen LogP contribution in [0.15, 0.2) is 83.7 Å². The molecule has 0 saturated carbocycles. The number of rotatable bonds is 1. The highest BCUT2D eigenvalue weighted by atomic mass is 16.1. The first-order valence-electron chi connectivity index (χ1n) is 8.09. The Morgan fingerprint density at radius 1 is 0.640 bits per heavy atom. The number of nitrogens with zero attached hydrogens (tertiary/aromatic N) is 3. The monoisotopic (exact) mass is 323 g/mol. The highest BCUT2D eigenvalue weighted by Gasteiger charge is 2.15. The molecular weight excluding hydrogens is 310 g/mol. The smallest absolute Gasteiger partial charge is 0.216 e. The Bertz CT molecular complexity index is 1310. The summed E-state index contributed by atoms with van der Waals surface area (Å²) in [6, 6.07) is 25.5. The summed E-state index contributed by atoms with van der Waals surface area (Å²) in [4.78, 5) is 13.1. The minimum Gasteiger partial charge on any atom is -0.287 e. The molecule has 4 heteroatoms. The molecule has 0 atom stereocenters. The normalized spacial score (nSPS) is 11.4. The molecule has 0 fully saturated rings. The van der Waals surface area contributed by atoms with Gasteiger partial charge in [0.1, 0.15) is 5.52 Å². The molecule has 0 aliphatic heterocycles. The van der Waals surface area contributed by atoms with E-state index in [1.807, 2.05) is 78.9 Å². The minimum absolute atomic E-state index is 0.0935. The Labute approximate surface area is 143 Å². The topological polar surface area (TPSA) is 47.8 Å². The predicted octanol–water partition coefficient (Wildman–Crippen LogP) is 4.09. The SMILES string of the molecule is O=c1c2ccccc2c2ccccc2c2c1nnn2-c1ccccc1. The van der Waals surface area contributed by atoms with Crippen LogP contribution >= 0.6 is 0 Å². The van der Waals surface area contributed by atoms with Gasteiger partial charge in [-0.05, 0) is 22.9 Å². The van der Waals surface area contributed by atoms with Gasteiger partial charge in [0, 0.05) is 10.8 Å². The van der Waals surface area contributed by atoms with Gasteiger partial charge in [-0.3, -0.25) is 4.79 Å². The lowest BCUT2D eigenvalue weighted by Gasteiger charge is -2.03. The van der Waals surface area contributed by atoms with Gasteiger partial charge < -0.3 is 0 Å². The fourth-order valence-electron chi connectivity index (χ4n) is 3.39. The van der Waals surface area contributed by atoms with Gasteiger partial charge in [-0.25, -0.2) is 4.68 Å². The third kappa shape index (κ3) is 1.97. The molecule has 0 bridgehead atoms. The van der Waals surface area contributed by atoms with E-state index in [9.17, 15) is 4.79 Å². The Kier molecular flexibility index (Phi) is 2.91. The number of fused-ring (bicyclic) bond motifs is 5. The van der Waals surface area contributed by atoms with E-state index in [-0.39, 0.29) is 5.43 Å². The molecule has 0 aliphatic carbocycles. The van der Waals surface area contributed by atoms with Crippen LogP contribution in [0.2, 0.25) is 0 Å². The number of hydrogen-bond donors (Lipinski definition) is 0. The van der Waals surface area contributed by atoms with Crippen molar-refractivity contribution in [3.63, 3.8) is 0 Å². The maximum absolute atomic E-state index is 13.1. The maximum atomic E-state index is 13.1. The van der Waals surface area contributed by atoms with Gasteiger partial charge in [0.05, 0.1) is 5.69 Å². The van der Waals surface area contributed by atoms with Gasteiger partial charge in [0.15, 0.2) is 5.52 Å². The molecule has 1 heterocycles. The van der Waals surface area contributed by atoms with Gasteiger partial charge in [-0.15, -0.1) is 5.10 Å². The predicted molar refractivity (Wildman–Crippen MR) is 100 cm³/mol. The van der Waals surface area contributed by atoms with E-state index in [4.69, 9.17) is 0 Å². The molecule has 0 saturated heterocycles. The summed E-state index contributed by atoms with van der Waals surface area (Å²) in [5, 5.41) is 12.1. The average Bonchev–Trinajstić information content (AvgIpc) is 3.09. The summed E-state index contributed by atoms with van der Waals surface area (Å²) in [5.74, 6) is 0. The van der Waals surface area contributed by atoms with Gasteiger partial charge in [-0.2, -0.15) is 0 Å². The quantitative estimate of drug-likeness (QED) is 0.467. The largest absolute Gasteiger partial charge is 0.287 e. The van der Waals surface area contributed by atoms with Crippen LogP contribution in [0.3, 0.4) is 0 Å². The van der Waals surface area contributed by atoms with Gasteiger partial charge in [0.25, 0.3) is 0 Å². The van der Waals surface area contributed by atoms with Crippen LogP contribution in [0.25, 0.3) is 38.3 Å². The zero-order valence-electron chi connectivity index (χ0n) is 13.3. The van der Waals surface area contributed by atoms with Crippen LogP contribution in [0, 0.1) is 0 Å². The summed E-state index contributed by atoms with van der Waals surface area (Å²) < 4.78 is 1.75. The van der Waals surface area contributed by atoms with Crippen LogP contribution in [-0.4, -0.2) is 15.0 Å². The molecule has 4 nitrogen and oxygen atoms in total. The molecule has 0 amide bonds. The summed E-state index contributed by atoms with van der Waals surface area (Å²) in [6.45, 7) is 0. The minimum atomic E-state index is -0.0935. The molecule has 0 spiro atoms. The Balaban J connectivity index is 2.13. The van der Waals surface area contributed by atoms with E-state index < -0.39 is 0 Å². The van der Waals surface area contributed by atoms with Crippen molar-refractivity contribution in [3.8, 4) is 5.69 Å². The van der Waals surface area contributed by atoms with Gasteiger partial charge in [-0.1, -0.05) is 71.9 Å². The highest BCUT2D eigenvalue weighted by Crippen LogP contribution is 2.28. The molecule has 1 aromatic heterocycles. The van der Waals surface area contributed by atoms with Crippen molar-refractivity contribution < 1.29 is 0 Å². The second-order valence-electron chi connectivity index (χ2n) is 5.95. The van der Waals surface area contributed by atoms with E-state index in [0.717, 1.165) is 27.4 Å². The Morgan fingerprint density at radius 3 is 1.92 bits per heavy atom. The number of aromatic nitrogens is 3. The van der Waals surface area contributed by atoms with E-state index in [0.29, 0.717) is 10.9 Å². The molecule has 0 N–H and O–H groups in total. The molecule has 4 aromatic carbocycles. The first-order chi connectivity index (χ1) is 12.3. The van der Waals surface area contributed by atoms with Crippen molar-refractivity contribution in [2.24, 2.45) is 0 Å². The fraction of sp³-hybridized carbons (Fsp3) is 0. The molecule has 25 heavy (non-hydrogen) atoms. The number of para-hydroxylation sites is 1. The van der Waals surface area contributed by atoms with Gasteiger partial charge in [0.2, 0.25) is 5.43 Å². The fourth-order valence-corrected chi connectivity index (χ4v) is 3.39. The first kappa shape index (κ1) is 13.9. The number of hydrogen-bond acceptors (Lipinski definition) is 3. The summed E-state index contributed by atoms with van der Waals surface area (Å²) >= 11 is 0. The van der Waals surface area contributed by atoms with E-state index in [1.54, 1.807) is 4.68 Å². The van der Waals surface area contributed by atoms with Crippen LogP contribution in [0.4, 0.5) is 0 Å². The third-order valence-electron chi connectivity index (χ3n) is 4.53. The van der Waals surface area contributed by atoms with Crippen LogP contribution in [0.1, 0.15) is 0 Å². The lowest BCUT2D eigenvalue weighted by molar-refractivity contribution is 0.825. The average molecular weight is 323 g/mol. The maximum Gasteiger partial charge on any atom is 0.216 e. The third-order valence-corrected chi connectivity index (χ3v) is 4.53. The second-order valence-corrected chi connectivity index (χ2v) is 5.95. The van der Waals surface area contributed by atoms with E-state index >= 15 is 0 Å². The van der Waals surface area contributed by atoms with Crippen molar-refractivity contribution in [2.45, 2.75) is 0 Å². The van der Waals surface area contributed by atoms with Crippen molar-refractivity contribution in [3.05, 3.63) is 89.1 Å². The molecule has 5 rings (SSSR count). The van der Waals surface area contributed by atoms with Crippen LogP contribution < -0.4 is 5.43 Å². The van der Waals surface area contributed by atoms with Crippen molar-refractivity contribution in [1.82, 2.24) is 15.0 Å². The number of benzene rings is 3. The molecule has 118 valence electrons. The van der Waals surface area contributed by atoms with Crippen LogP contribution in [0.5, 0.6) is 0 Å². The van der Waals surface area contributed by atoms with E-state index in [1.165, 1.54) is 0 Å². The Morgan fingerprint density at radius 2 is 1.20 bits per heavy atom. The van der Waals surface area contributed by atoms with Gasteiger partial charge >= 0.3 is 0 Å². The molecule has 0 radical (unpaired) electrons. The lowest BCUT2D eigenvalue weighted by Crippen LogP contribution is -1.98. The molecule has 5 aromatic rings. The lowest BCUT2D eigenvalue weighted by atomic mass is 10.1. The van der Waals surface area contributed by atoms with E-state index in [2.05, 4.69) is 10.3 Å². The zero-order chi connectivity index (χ0) is 16.8. The van der Waals surface area contributed by atoms with Crippen molar-refractivity contribution >= 4 is 32.6 Å². The highest BCUT2D eigenvalue weighted by molar-refractivity contribution is 6.15. The van der Waals surface area contributed by atoms with Crippen LogP contribution in [-0.2, 0) is 0 Å². The summed E-state index contributed by atoms with van der Waals surface area (Å²) in [7, 11) is 0.